The average Bonchev–Trinajstić information content (AvgIpc) is 2.58. The second kappa shape index (κ2) is 9.24. The number of sulfonamides is 1. The summed E-state index contributed by atoms with van der Waals surface area (Å²) in [4.78, 5) is 24.2. The molecule has 156 valence electrons. The average molecular weight is 430 g/mol. The predicted molar refractivity (Wildman–Crippen MR) is 109 cm³/mol. The van der Waals surface area contributed by atoms with E-state index in [2.05, 4.69) is 15.4 Å². The van der Waals surface area contributed by atoms with Crippen molar-refractivity contribution >= 4 is 33.4 Å². The van der Waals surface area contributed by atoms with Crippen LogP contribution in [0.3, 0.4) is 0 Å². The first-order valence-corrected chi connectivity index (χ1v) is 11.3. The zero-order chi connectivity index (χ0) is 20.9. The first-order valence-electron chi connectivity index (χ1n) is 9.39. The number of nitrogens with one attached hydrogen (secondary N) is 3. The molecular formula is C19H28ClN3O4S. The standard InChI is InChI=1S/C19H28ClN3O4S/c1-19(2,3)23-28(26,27)16-11-13(9-10-15(16)20)18(25)21-12-17(24)22-14-7-5-4-6-8-14/h9-11,14,23H,4-8,12H2,1-3H3,(H,21,25)(H,22,24). The number of rotatable bonds is 6. The number of halogens is 1. The smallest absolute Gasteiger partial charge is 0.251 e. The van der Waals surface area contributed by atoms with Gasteiger partial charge in [0.1, 0.15) is 4.90 Å². The van der Waals surface area contributed by atoms with Crippen molar-refractivity contribution < 1.29 is 18.0 Å². The number of carbonyl (C=O) groups excluding carboxylic acids is 2. The maximum atomic E-state index is 12.5. The van der Waals surface area contributed by atoms with E-state index in [9.17, 15) is 18.0 Å². The Morgan fingerprint density at radius 3 is 2.39 bits per heavy atom. The minimum Gasteiger partial charge on any atom is -0.352 e. The first kappa shape index (κ1) is 22.6. The van der Waals surface area contributed by atoms with Crippen LogP contribution in [-0.4, -0.2) is 38.4 Å². The van der Waals surface area contributed by atoms with Gasteiger partial charge >= 0.3 is 0 Å². The molecule has 1 saturated carbocycles. The normalized spacial score (nSPS) is 15.9. The van der Waals surface area contributed by atoms with Gasteiger partial charge in [-0.3, -0.25) is 9.59 Å². The van der Waals surface area contributed by atoms with Gasteiger partial charge in [0.05, 0.1) is 11.6 Å². The highest BCUT2D eigenvalue weighted by Crippen LogP contribution is 2.24. The second-order valence-corrected chi connectivity index (χ2v) is 10.1. The quantitative estimate of drug-likeness (QED) is 0.646. The number of carbonyl (C=O) groups is 2. The van der Waals surface area contributed by atoms with Crippen LogP contribution in [0.25, 0.3) is 0 Å². The lowest BCUT2D eigenvalue weighted by atomic mass is 9.95. The van der Waals surface area contributed by atoms with Crippen LogP contribution in [-0.2, 0) is 14.8 Å². The van der Waals surface area contributed by atoms with E-state index in [0.29, 0.717) is 0 Å². The molecule has 2 amide bonds. The van der Waals surface area contributed by atoms with Crippen molar-refractivity contribution in [2.45, 2.75) is 69.4 Å². The van der Waals surface area contributed by atoms with Gasteiger partial charge < -0.3 is 10.6 Å². The lowest BCUT2D eigenvalue weighted by molar-refractivity contribution is -0.121. The zero-order valence-corrected chi connectivity index (χ0v) is 18.0. The largest absolute Gasteiger partial charge is 0.352 e. The van der Waals surface area contributed by atoms with Crippen molar-refractivity contribution in [3.8, 4) is 0 Å². The van der Waals surface area contributed by atoms with E-state index in [0.717, 1.165) is 25.7 Å². The van der Waals surface area contributed by atoms with Crippen molar-refractivity contribution in [1.29, 1.82) is 0 Å². The Balaban J connectivity index is 2.02. The molecule has 0 atom stereocenters. The number of amides is 2. The molecule has 3 N–H and O–H groups in total. The minimum absolute atomic E-state index is 0.0170. The predicted octanol–water partition coefficient (Wildman–Crippen LogP) is 2.60. The number of benzene rings is 1. The van der Waals surface area contributed by atoms with E-state index < -0.39 is 21.5 Å². The Bertz CT molecular complexity index is 828. The van der Waals surface area contributed by atoms with E-state index >= 15 is 0 Å². The van der Waals surface area contributed by atoms with Crippen molar-refractivity contribution in [2.24, 2.45) is 0 Å². The summed E-state index contributed by atoms with van der Waals surface area (Å²) in [6, 6.07) is 4.15. The fourth-order valence-electron chi connectivity index (χ4n) is 3.10. The second-order valence-electron chi connectivity index (χ2n) is 8.09. The van der Waals surface area contributed by atoms with Crippen molar-refractivity contribution in [3.05, 3.63) is 28.8 Å². The van der Waals surface area contributed by atoms with Gasteiger partial charge in [0.25, 0.3) is 5.91 Å². The summed E-state index contributed by atoms with van der Waals surface area (Å²) in [6.07, 6.45) is 5.30. The molecule has 0 saturated heterocycles. The molecule has 1 aliphatic rings. The maximum absolute atomic E-state index is 12.5. The molecule has 1 aliphatic carbocycles. The Morgan fingerprint density at radius 1 is 1.14 bits per heavy atom. The molecule has 1 fully saturated rings. The van der Waals surface area contributed by atoms with Crippen LogP contribution in [0.15, 0.2) is 23.1 Å². The Morgan fingerprint density at radius 2 is 1.79 bits per heavy atom. The third-order valence-electron chi connectivity index (χ3n) is 4.30. The first-order chi connectivity index (χ1) is 13.0. The van der Waals surface area contributed by atoms with E-state index in [1.165, 1.54) is 24.6 Å². The van der Waals surface area contributed by atoms with Crippen LogP contribution in [0.2, 0.25) is 5.02 Å². The van der Waals surface area contributed by atoms with E-state index in [1.807, 2.05) is 0 Å². The van der Waals surface area contributed by atoms with Crippen LogP contribution >= 0.6 is 11.6 Å². The number of hydrogen-bond donors (Lipinski definition) is 3. The summed E-state index contributed by atoms with van der Waals surface area (Å²) < 4.78 is 27.6. The monoisotopic (exact) mass is 429 g/mol. The molecule has 9 heteroatoms. The molecule has 0 heterocycles. The lowest BCUT2D eigenvalue weighted by Gasteiger charge is -2.22. The maximum Gasteiger partial charge on any atom is 0.251 e. The van der Waals surface area contributed by atoms with Crippen LogP contribution < -0.4 is 15.4 Å². The van der Waals surface area contributed by atoms with Gasteiger partial charge in [-0.2, -0.15) is 0 Å². The summed E-state index contributed by atoms with van der Waals surface area (Å²) in [6.45, 7) is 4.96. The van der Waals surface area contributed by atoms with Gasteiger partial charge in [-0.25, -0.2) is 13.1 Å². The summed E-state index contributed by atoms with van der Waals surface area (Å²) >= 11 is 6.04. The van der Waals surface area contributed by atoms with Crippen LogP contribution in [0, 0.1) is 0 Å². The van der Waals surface area contributed by atoms with Crippen molar-refractivity contribution in [1.82, 2.24) is 15.4 Å². The lowest BCUT2D eigenvalue weighted by Crippen LogP contribution is -2.42. The minimum atomic E-state index is -3.90. The molecule has 0 spiro atoms. The van der Waals surface area contributed by atoms with E-state index in [-0.39, 0.29) is 34.0 Å². The molecule has 2 rings (SSSR count). The van der Waals surface area contributed by atoms with Crippen molar-refractivity contribution in [3.63, 3.8) is 0 Å². The molecule has 0 unspecified atom stereocenters. The highest BCUT2D eigenvalue weighted by molar-refractivity contribution is 7.89. The molecule has 0 aliphatic heterocycles. The highest BCUT2D eigenvalue weighted by Gasteiger charge is 2.25. The highest BCUT2D eigenvalue weighted by atomic mass is 35.5. The SMILES string of the molecule is CC(C)(C)NS(=O)(=O)c1cc(C(=O)NCC(=O)NC2CCCCC2)ccc1Cl. The van der Waals surface area contributed by atoms with Gasteiger partial charge in [0.2, 0.25) is 15.9 Å². The Hall–Kier alpha value is -1.64. The summed E-state index contributed by atoms with van der Waals surface area (Å²) in [5.74, 6) is -0.792. The Labute approximate surface area is 171 Å². The van der Waals surface area contributed by atoms with Crippen LogP contribution in [0.4, 0.5) is 0 Å². The molecule has 7 nitrogen and oxygen atoms in total. The molecule has 1 aromatic rings. The third-order valence-corrected chi connectivity index (χ3v) is 6.54. The van der Waals surface area contributed by atoms with E-state index in [4.69, 9.17) is 11.6 Å². The van der Waals surface area contributed by atoms with Gasteiger partial charge in [-0.05, 0) is 51.8 Å². The summed E-state index contributed by atoms with van der Waals surface area (Å²) in [7, 11) is -3.90. The van der Waals surface area contributed by atoms with Crippen LogP contribution in [0.5, 0.6) is 0 Å². The summed E-state index contributed by atoms with van der Waals surface area (Å²) in [5, 5.41) is 5.46. The van der Waals surface area contributed by atoms with Gasteiger partial charge in [-0.1, -0.05) is 30.9 Å². The third kappa shape index (κ3) is 6.76. The molecular weight excluding hydrogens is 402 g/mol. The summed E-state index contributed by atoms with van der Waals surface area (Å²) in [5.41, 5.74) is -0.582. The molecule has 0 radical (unpaired) electrons. The van der Waals surface area contributed by atoms with E-state index in [1.54, 1.807) is 20.8 Å². The van der Waals surface area contributed by atoms with Gasteiger partial charge in [0, 0.05) is 17.1 Å². The van der Waals surface area contributed by atoms with Gasteiger partial charge in [0.15, 0.2) is 0 Å². The van der Waals surface area contributed by atoms with Crippen molar-refractivity contribution in [2.75, 3.05) is 6.54 Å². The zero-order valence-electron chi connectivity index (χ0n) is 16.5. The topological polar surface area (TPSA) is 104 Å². The molecule has 0 bridgehead atoms. The van der Waals surface area contributed by atoms with Gasteiger partial charge in [-0.15, -0.1) is 0 Å². The van der Waals surface area contributed by atoms with Crippen LogP contribution in [0.1, 0.15) is 63.2 Å². The molecule has 1 aromatic carbocycles. The number of hydrogen-bond acceptors (Lipinski definition) is 4. The molecule has 0 aromatic heterocycles. The fourth-order valence-corrected chi connectivity index (χ4v) is 5.04. The fraction of sp³-hybridized carbons (Fsp3) is 0.579. The molecule has 28 heavy (non-hydrogen) atoms. The Kier molecular flexibility index (Phi) is 7.47.